The number of hydrogen-bond donors (Lipinski definition) is 3. The molecule has 0 bridgehead atoms. The molecule has 0 radical (unpaired) electrons. The Balaban J connectivity index is 1.32. The van der Waals surface area contributed by atoms with E-state index in [1.807, 2.05) is 0 Å². The fourth-order valence-corrected chi connectivity index (χ4v) is 3.38. The Hall–Kier alpha value is -4.40. The van der Waals surface area contributed by atoms with Crippen LogP contribution < -0.4 is 20.1 Å². The third-order valence-electron chi connectivity index (χ3n) is 5.03. The molecule has 0 atom stereocenters. The molecule has 0 saturated carbocycles. The predicted octanol–water partition coefficient (Wildman–Crippen LogP) is 3.61. The third-order valence-corrected chi connectivity index (χ3v) is 5.03. The number of halogens is 1. The van der Waals surface area contributed by atoms with Crippen LogP contribution in [0.5, 0.6) is 11.5 Å². The largest absolute Gasteiger partial charge is 0.454 e. The fraction of sp³-hybridized carbons (Fsp3) is 0.0870. The normalized spacial score (nSPS) is 12.0. The molecule has 2 aromatic heterocycles. The summed E-state index contributed by atoms with van der Waals surface area (Å²) in [4.78, 5) is 32.5. The number of anilines is 1. The van der Waals surface area contributed by atoms with Gasteiger partial charge in [-0.2, -0.15) is 0 Å². The second kappa shape index (κ2) is 8.03. The Morgan fingerprint density at radius 2 is 1.84 bits per heavy atom. The fourth-order valence-electron chi connectivity index (χ4n) is 3.38. The van der Waals surface area contributed by atoms with E-state index in [1.165, 1.54) is 18.3 Å². The first kappa shape index (κ1) is 19.6. The number of amides is 2. The second-order valence-corrected chi connectivity index (χ2v) is 7.15. The van der Waals surface area contributed by atoms with E-state index in [4.69, 9.17) is 9.47 Å². The van der Waals surface area contributed by atoms with E-state index < -0.39 is 0 Å². The van der Waals surface area contributed by atoms with E-state index in [0.717, 1.165) is 5.56 Å². The number of nitrogens with one attached hydrogen (secondary N) is 3. The molecule has 32 heavy (non-hydrogen) atoms. The van der Waals surface area contributed by atoms with Crippen molar-refractivity contribution in [2.45, 2.75) is 6.54 Å². The molecule has 3 N–H and O–H groups in total. The summed E-state index contributed by atoms with van der Waals surface area (Å²) in [6.45, 7) is 0.375. The third kappa shape index (κ3) is 3.83. The van der Waals surface area contributed by atoms with Gasteiger partial charge in [-0.1, -0.05) is 12.1 Å². The molecule has 1 aliphatic rings. The van der Waals surface area contributed by atoms with Crippen LogP contribution in [0.2, 0.25) is 0 Å². The number of hydrogen-bond acceptors (Lipinski definition) is 5. The Labute approximate surface area is 181 Å². The van der Waals surface area contributed by atoms with Crippen LogP contribution in [0.3, 0.4) is 0 Å². The summed E-state index contributed by atoms with van der Waals surface area (Å²) in [5.74, 6) is 0.104. The van der Waals surface area contributed by atoms with E-state index in [-0.39, 0.29) is 31.0 Å². The van der Waals surface area contributed by atoms with Gasteiger partial charge in [0.15, 0.2) is 11.5 Å². The molecule has 160 valence electrons. The minimum atomic E-state index is -0.345. The molecule has 1 aliphatic heterocycles. The maximum Gasteiger partial charge on any atom is 0.255 e. The monoisotopic (exact) mass is 432 g/mol. The first-order valence-corrected chi connectivity index (χ1v) is 9.77. The maximum atomic E-state index is 13.0. The van der Waals surface area contributed by atoms with Crippen LogP contribution in [-0.2, 0) is 6.54 Å². The van der Waals surface area contributed by atoms with Gasteiger partial charge in [0.25, 0.3) is 11.8 Å². The highest BCUT2D eigenvalue weighted by atomic mass is 19.1. The van der Waals surface area contributed by atoms with Gasteiger partial charge < -0.3 is 25.1 Å². The van der Waals surface area contributed by atoms with Crippen molar-refractivity contribution in [3.63, 3.8) is 0 Å². The number of carbonyl (C=O) groups excluding carboxylic acids is 2. The predicted molar refractivity (Wildman–Crippen MR) is 114 cm³/mol. The van der Waals surface area contributed by atoms with Gasteiger partial charge in [-0.05, 0) is 42.0 Å². The van der Waals surface area contributed by atoms with Gasteiger partial charge in [0, 0.05) is 23.7 Å². The molecule has 4 aromatic rings. The van der Waals surface area contributed by atoms with E-state index in [0.29, 0.717) is 39.3 Å². The van der Waals surface area contributed by atoms with Crippen LogP contribution in [0.1, 0.15) is 26.3 Å². The summed E-state index contributed by atoms with van der Waals surface area (Å²) in [7, 11) is 0. The van der Waals surface area contributed by atoms with Crippen molar-refractivity contribution in [3.05, 3.63) is 83.4 Å². The zero-order valence-electron chi connectivity index (χ0n) is 16.6. The molecular weight excluding hydrogens is 415 g/mol. The van der Waals surface area contributed by atoms with Crippen molar-refractivity contribution in [2.24, 2.45) is 0 Å². The Morgan fingerprint density at radius 1 is 1.03 bits per heavy atom. The van der Waals surface area contributed by atoms with Gasteiger partial charge in [0.2, 0.25) is 6.79 Å². The van der Waals surface area contributed by atoms with E-state index in [2.05, 4.69) is 20.6 Å². The SMILES string of the molecule is O=C(Nc1cnc2[nH]cc(C(=O)NCc3ccc(F)cc3)c2c1)c1ccc2c(c1)OCO2. The molecule has 0 aliphatic carbocycles. The number of aromatic nitrogens is 2. The van der Waals surface area contributed by atoms with Crippen molar-refractivity contribution >= 4 is 28.5 Å². The smallest absolute Gasteiger partial charge is 0.255 e. The highest BCUT2D eigenvalue weighted by Gasteiger charge is 2.18. The zero-order chi connectivity index (χ0) is 22.1. The number of carbonyl (C=O) groups is 2. The number of nitrogens with zero attached hydrogens (tertiary/aromatic N) is 1. The first-order chi connectivity index (χ1) is 15.6. The summed E-state index contributed by atoms with van der Waals surface area (Å²) in [6.07, 6.45) is 3.06. The van der Waals surface area contributed by atoms with Crippen LogP contribution in [0.4, 0.5) is 10.1 Å². The standard InChI is InChI=1S/C23H17FN4O4/c24-15-4-1-13(2-5-15)9-27-23(30)18-11-26-21-17(18)8-16(10-25-21)28-22(29)14-3-6-19-20(7-14)32-12-31-19/h1-8,10-11H,9,12H2,(H,25,26)(H,27,30)(H,28,29). The van der Waals surface area contributed by atoms with Crippen molar-refractivity contribution < 1.29 is 23.5 Å². The summed E-state index contributed by atoms with van der Waals surface area (Å²) in [5.41, 5.74) is 2.51. The molecular formula is C23H17FN4O4. The van der Waals surface area contributed by atoms with Crippen molar-refractivity contribution in [1.82, 2.24) is 15.3 Å². The van der Waals surface area contributed by atoms with Crippen LogP contribution in [0.15, 0.2) is 60.9 Å². The van der Waals surface area contributed by atoms with Gasteiger partial charge in [0.1, 0.15) is 11.5 Å². The second-order valence-electron chi connectivity index (χ2n) is 7.15. The molecule has 3 heterocycles. The van der Waals surface area contributed by atoms with Crippen LogP contribution in [0.25, 0.3) is 11.0 Å². The average molecular weight is 432 g/mol. The first-order valence-electron chi connectivity index (χ1n) is 9.77. The molecule has 0 fully saturated rings. The molecule has 5 rings (SSSR count). The molecule has 9 heteroatoms. The Bertz CT molecular complexity index is 1330. The highest BCUT2D eigenvalue weighted by Crippen LogP contribution is 2.32. The number of aromatic amines is 1. The molecule has 8 nitrogen and oxygen atoms in total. The van der Waals surface area contributed by atoms with Crippen LogP contribution >= 0.6 is 0 Å². The lowest BCUT2D eigenvalue weighted by Gasteiger charge is -2.07. The van der Waals surface area contributed by atoms with E-state index in [1.54, 1.807) is 42.6 Å². The summed E-state index contributed by atoms with van der Waals surface area (Å²) < 4.78 is 23.6. The van der Waals surface area contributed by atoms with Crippen molar-refractivity contribution in [1.29, 1.82) is 0 Å². The van der Waals surface area contributed by atoms with E-state index >= 15 is 0 Å². The van der Waals surface area contributed by atoms with Gasteiger partial charge in [0.05, 0.1) is 17.4 Å². The Kier molecular flexibility index (Phi) is 4.91. The van der Waals surface area contributed by atoms with Crippen molar-refractivity contribution in [3.8, 4) is 11.5 Å². The number of pyridine rings is 1. The number of H-pyrrole nitrogens is 1. The van der Waals surface area contributed by atoms with Crippen LogP contribution in [0, 0.1) is 5.82 Å². The molecule has 0 unspecified atom stereocenters. The summed E-state index contributed by atoms with van der Waals surface area (Å²) in [6, 6.07) is 12.5. The lowest BCUT2D eigenvalue weighted by molar-refractivity contribution is 0.0952. The van der Waals surface area contributed by atoms with Crippen molar-refractivity contribution in [2.75, 3.05) is 12.1 Å². The average Bonchev–Trinajstić information content (AvgIpc) is 3.44. The number of ether oxygens (including phenoxy) is 2. The number of rotatable bonds is 5. The van der Waals surface area contributed by atoms with E-state index in [9.17, 15) is 14.0 Å². The molecule has 2 aromatic carbocycles. The lowest BCUT2D eigenvalue weighted by Crippen LogP contribution is -2.22. The quantitative estimate of drug-likeness (QED) is 0.447. The summed E-state index contributed by atoms with van der Waals surface area (Å²) in [5, 5.41) is 6.14. The highest BCUT2D eigenvalue weighted by molar-refractivity contribution is 6.08. The van der Waals surface area contributed by atoms with Crippen LogP contribution in [-0.4, -0.2) is 28.6 Å². The number of benzene rings is 2. The van der Waals surface area contributed by atoms with Gasteiger partial charge >= 0.3 is 0 Å². The minimum Gasteiger partial charge on any atom is -0.454 e. The zero-order valence-corrected chi connectivity index (χ0v) is 16.6. The molecule has 0 spiro atoms. The summed E-state index contributed by atoms with van der Waals surface area (Å²) >= 11 is 0. The van der Waals surface area contributed by atoms with Gasteiger partial charge in [-0.25, -0.2) is 9.37 Å². The molecule has 0 saturated heterocycles. The Morgan fingerprint density at radius 3 is 2.69 bits per heavy atom. The molecule has 2 amide bonds. The minimum absolute atomic E-state index is 0.125. The maximum absolute atomic E-state index is 13.0. The van der Waals surface area contributed by atoms with Gasteiger partial charge in [-0.3, -0.25) is 9.59 Å². The lowest BCUT2D eigenvalue weighted by atomic mass is 10.1. The van der Waals surface area contributed by atoms with Gasteiger partial charge in [-0.15, -0.1) is 0 Å². The topological polar surface area (TPSA) is 105 Å². The number of fused-ring (bicyclic) bond motifs is 2.